The summed E-state index contributed by atoms with van der Waals surface area (Å²) in [6, 6.07) is -2.03. The van der Waals surface area contributed by atoms with Gasteiger partial charge in [-0.1, -0.05) is 0 Å². The van der Waals surface area contributed by atoms with Crippen LogP contribution >= 0.6 is 24.8 Å². The maximum Gasteiger partial charge on any atom is 0.109 e. The van der Waals surface area contributed by atoms with Crippen molar-refractivity contribution in [1.82, 2.24) is 0 Å². The second kappa shape index (κ2) is 6.04. The van der Waals surface area contributed by atoms with Crippen LogP contribution in [0.1, 0.15) is 0 Å². The van der Waals surface area contributed by atoms with Gasteiger partial charge in [0.2, 0.25) is 0 Å². The van der Waals surface area contributed by atoms with Gasteiger partial charge in [-0.2, -0.15) is 0 Å². The molecule has 1 aliphatic rings. The van der Waals surface area contributed by atoms with Gasteiger partial charge in [-0.05, 0) is 0 Å². The highest BCUT2D eigenvalue weighted by Gasteiger charge is 2.45. The molecule has 0 radical (unpaired) electrons. The highest BCUT2D eigenvalue weighted by Crippen LogP contribution is 2.18. The number of hydrogen-bond acceptors (Lipinski definition) is 6. The molecule has 0 saturated heterocycles. The summed E-state index contributed by atoms with van der Waals surface area (Å²) < 4.78 is 0. The van der Waals surface area contributed by atoms with Crippen LogP contribution in [-0.4, -0.2) is 56.9 Å². The summed E-state index contributed by atoms with van der Waals surface area (Å²) in [5, 5.41) is 36.7. The topological polar surface area (TPSA) is 133 Å². The van der Waals surface area contributed by atoms with Crippen LogP contribution in [0.25, 0.3) is 0 Å². The summed E-state index contributed by atoms with van der Waals surface area (Å²) >= 11 is 0. The van der Waals surface area contributed by atoms with Gasteiger partial charge in [-0.15, -0.1) is 24.8 Å². The van der Waals surface area contributed by atoms with E-state index in [0.717, 1.165) is 0 Å². The van der Waals surface area contributed by atoms with Crippen LogP contribution in [-0.2, 0) is 0 Å². The maximum absolute atomic E-state index is 9.22. The molecule has 8 N–H and O–H groups in total. The molecule has 0 heterocycles. The second-order valence-corrected chi connectivity index (χ2v) is 3.12. The number of rotatable bonds is 0. The van der Waals surface area contributed by atoms with Crippen LogP contribution < -0.4 is 11.5 Å². The van der Waals surface area contributed by atoms with E-state index in [0.29, 0.717) is 0 Å². The number of halogens is 2. The first-order valence-electron chi connectivity index (χ1n) is 3.70. The van der Waals surface area contributed by atoms with Crippen molar-refractivity contribution in [3.05, 3.63) is 0 Å². The van der Waals surface area contributed by atoms with Gasteiger partial charge in [0.1, 0.15) is 18.3 Å². The fourth-order valence-electron chi connectivity index (χ4n) is 1.32. The Morgan fingerprint density at radius 3 is 1.14 bits per heavy atom. The summed E-state index contributed by atoms with van der Waals surface area (Å²) in [6.07, 6.45) is -5.26. The predicted molar refractivity (Wildman–Crippen MR) is 54.5 cm³/mol. The molecule has 0 amide bonds. The van der Waals surface area contributed by atoms with Gasteiger partial charge in [-0.25, -0.2) is 0 Å². The first kappa shape index (κ1) is 16.8. The minimum atomic E-state index is -1.39. The number of hydrogen-bond donors (Lipinski definition) is 6. The van der Waals surface area contributed by atoms with E-state index in [1.54, 1.807) is 0 Å². The van der Waals surface area contributed by atoms with Gasteiger partial charge in [0.25, 0.3) is 0 Å². The molecule has 1 rings (SSSR count). The highest BCUT2D eigenvalue weighted by molar-refractivity contribution is 5.85. The van der Waals surface area contributed by atoms with E-state index in [1.807, 2.05) is 0 Å². The Labute approximate surface area is 93.7 Å². The molecule has 6 atom stereocenters. The largest absolute Gasteiger partial charge is 0.390 e. The second-order valence-electron chi connectivity index (χ2n) is 3.12. The molecular weight excluding hydrogens is 235 g/mol. The summed E-state index contributed by atoms with van der Waals surface area (Å²) in [4.78, 5) is 0. The molecule has 0 spiro atoms. The molecule has 0 bridgehead atoms. The Balaban J connectivity index is 0. The van der Waals surface area contributed by atoms with Crippen LogP contribution in [0.3, 0.4) is 0 Å². The lowest BCUT2D eigenvalue weighted by molar-refractivity contribution is -0.137. The van der Waals surface area contributed by atoms with Gasteiger partial charge in [0.05, 0.1) is 18.2 Å². The van der Waals surface area contributed by atoms with Crippen LogP contribution in [0, 0.1) is 0 Å². The van der Waals surface area contributed by atoms with Crippen LogP contribution in [0.15, 0.2) is 0 Å². The van der Waals surface area contributed by atoms with E-state index in [9.17, 15) is 5.11 Å². The lowest BCUT2D eigenvalue weighted by Gasteiger charge is -2.40. The summed E-state index contributed by atoms with van der Waals surface area (Å²) in [6.45, 7) is 0. The first-order valence-corrected chi connectivity index (χ1v) is 3.70. The molecule has 1 saturated carbocycles. The van der Waals surface area contributed by atoms with Gasteiger partial charge >= 0.3 is 0 Å². The zero-order valence-corrected chi connectivity index (χ0v) is 8.86. The molecule has 8 heteroatoms. The molecule has 1 fully saturated rings. The Kier molecular flexibility index (Phi) is 7.23. The van der Waals surface area contributed by atoms with Crippen LogP contribution in [0.4, 0.5) is 0 Å². The maximum atomic E-state index is 9.22. The quantitative estimate of drug-likeness (QED) is 0.271. The molecule has 0 aromatic heterocycles. The molecule has 0 aromatic rings. The van der Waals surface area contributed by atoms with Gasteiger partial charge in [0, 0.05) is 0 Å². The lowest BCUT2D eigenvalue weighted by Crippen LogP contribution is -2.69. The van der Waals surface area contributed by atoms with Gasteiger partial charge < -0.3 is 31.9 Å². The third kappa shape index (κ3) is 2.68. The van der Waals surface area contributed by atoms with Crippen molar-refractivity contribution in [2.75, 3.05) is 0 Å². The van der Waals surface area contributed by atoms with E-state index < -0.39 is 36.5 Å². The van der Waals surface area contributed by atoms with E-state index in [-0.39, 0.29) is 24.8 Å². The highest BCUT2D eigenvalue weighted by atomic mass is 35.5. The van der Waals surface area contributed by atoms with Crippen molar-refractivity contribution in [2.24, 2.45) is 11.5 Å². The molecule has 0 aromatic carbocycles. The fraction of sp³-hybridized carbons (Fsp3) is 1.00. The molecule has 1 aliphatic carbocycles. The molecule has 88 valence electrons. The third-order valence-corrected chi connectivity index (χ3v) is 2.28. The Morgan fingerprint density at radius 1 is 0.571 bits per heavy atom. The van der Waals surface area contributed by atoms with Crippen molar-refractivity contribution >= 4 is 24.8 Å². The molecule has 2 unspecified atom stereocenters. The van der Waals surface area contributed by atoms with E-state index in [1.165, 1.54) is 0 Å². The molecule has 14 heavy (non-hydrogen) atoms. The van der Waals surface area contributed by atoms with Crippen molar-refractivity contribution < 1.29 is 20.4 Å². The van der Waals surface area contributed by atoms with Crippen LogP contribution in [0.2, 0.25) is 0 Å². The Morgan fingerprint density at radius 2 is 0.857 bits per heavy atom. The molecule has 0 aliphatic heterocycles. The first-order chi connectivity index (χ1) is 5.46. The molecule has 6 nitrogen and oxygen atoms in total. The lowest BCUT2D eigenvalue weighted by atomic mass is 9.82. The fourth-order valence-corrected chi connectivity index (χ4v) is 1.32. The van der Waals surface area contributed by atoms with Gasteiger partial charge in [0.15, 0.2) is 0 Å². The van der Waals surface area contributed by atoms with Gasteiger partial charge in [-0.3, -0.25) is 0 Å². The Bertz CT molecular complexity index is 117. The zero-order valence-electron chi connectivity index (χ0n) is 7.22. The standard InChI is InChI=1S/C6H14N2O4.2ClH/c7-1-3(9)2(8)5(11)6(12)4(1)10;;/h1-6,9-12H,7-8H2;2*1H/t1-,2+,3?,4+,5-,6?;;. The normalized spacial score (nSPS) is 47.6. The summed E-state index contributed by atoms with van der Waals surface area (Å²) in [5.41, 5.74) is 10.6. The Hall–Kier alpha value is 0.340. The van der Waals surface area contributed by atoms with Crippen LogP contribution in [0.5, 0.6) is 0 Å². The number of nitrogens with two attached hydrogens (primary N) is 2. The number of aliphatic hydroxyl groups excluding tert-OH is 4. The van der Waals surface area contributed by atoms with E-state index >= 15 is 0 Å². The minimum absolute atomic E-state index is 0. The zero-order chi connectivity index (χ0) is 9.46. The monoisotopic (exact) mass is 250 g/mol. The molecular formula is C6H16Cl2N2O4. The third-order valence-electron chi connectivity index (χ3n) is 2.28. The van der Waals surface area contributed by atoms with Crippen molar-refractivity contribution in [3.63, 3.8) is 0 Å². The number of aliphatic hydroxyl groups is 4. The van der Waals surface area contributed by atoms with Crippen molar-refractivity contribution in [1.29, 1.82) is 0 Å². The average molecular weight is 251 g/mol. The van der Waals surface area contributed by atoms with E-state index in [2.05, 4.69) is 0 Å². The predicted octanol–water partition coefficient (Wildman–Crippen LogP) is -3.06. The smallest absolute Gasteiger partial charge is 0.109 e. The van der Waals surface area contributed by atoms with Crippen molar-refractivity contribution in [3.8, 4) is 0 Å². The van der Waals surface area contributed by atoms with E-state index in [4.69, 9.17) is 26.8 Å². The van der Waals surface area contributed by atoms with Crippen molar-refractivity contribution in [2.45, 2.75) is 36.5 Å². The summed E-state index contributed by atoms with van der Waals surface area (Å²) in [7, 11) is 0. The SMILES string of the molecule is Cl.Cl.N[C@@H]1C(O)[C@H](N)[C@@H](O)C(O)[C@H]1O. The minimum Gasteiger partial charge on any atom is -0.390 e. The average Bonchev–Trinajstić information content (AvgIpc) is 2.08. The summed E-state index contributed by atoms with van der Waals surface area (Å²) in [5.74, 6) is 0.